The molecule has 5 nitrogen and oxygen atoms in total. The lowest BCUT2D eigenvalue weighted by Crippen LogP contribution is -2.08. The van der Waals surface area contributed by atoms with Gasteiger partial charge in [-0.15, -0.1) is 0 Å². The van der Waals surface area contributed by atoms with E-state index in [1.54, 1.807) is 30.3 Å². The van der Waals surface area contributed by atoms with Crippen LogP contribution in [0.2, 0.25) is 0 Å². The van der Waals surface area contributed by atoms with Gasteiger partial charge in [-0.2, -0.15) is 23.5 Å². The van der Waals surface area contributed by atoms with E-state index < -0.39 is 28.1 Å². The molecular weight excluding hydrogens is 379 g/mol. The largest absolute Gasteiger partial charge is 0.436 e. The van der Waals surface area contributed by atoms with Crippen molar-refractivity contribution >= 4 is 10.7 Å². The summed E-state index contributed by atoms with van der Waals surface area (Å²) < 4.78 is 63.2. The van der Waals surface area contributed by atoms with Gasteiger partial charge in [0.2, 0.25) is 0 Å². The number of nitriles is 1. The third-order valence-electron chi connectivity index (χ3n) is 3.90. The lowest BCUT2D eigenvalue weighted by molar-refractivity contribution is -0.141. The van der Waals surface area contributed by atoms with Crippen molar-refractivity contribution in [2.45, 2.75) is 18.0 Å². The monoisotopic (exact) mass is 391 g/mol. The van der Waals surface area contributed by atoms with Crippen molar-refractivity contribution in [2.24, 2.45) is 0 Å². The van der Waals surface area contributed by atoms with Crippen molar-refractivity contribution in [3.63, 3.8) is 0 Å². The fraction of sp³-hybridized carbons (Fsp3) is 0.111. The second-order valence-electron chi connectivity index (χ2n) is 5.73. The molecule has 0 radical (unpaired) electrons. The molecule has 0 aliphatic carbocycles. The van der Waals surface area contributed by atoms with E-state index in [1.807, 2.05) is 6.92 Å². The van der Waals surface area contributed by atoms with Crippen LogP contribution in [-0.2, 0) is 16.9 Å². The topological polar surface area (TPSA) is 75.8 Å². The highest BCUT2D eigenvalue weighted by molar-refractivity contribution is 7.72. The van der Waals surface area contributed by atoms with Crippen molar-refractivity contribution in [1.82, 2.24) is 9.78 Å². The van der Waals surface area contributed by atoms with Crippen LogP contribution in [0, 0.1) is 18.3 Å². The Morgan fingerprint density at radius 3 is 2.11 bits per heavy atom. The molecule has 0 N–H and O–H groups in total. The normalized spacial score (nSPS) is 11.6. The second kappa shape index (κ2) is 6.89. The molecule has 9 heteroatoms. The summed E-state index contributed by atoms with van der Waals surface area (Å²) >= 11 is 0. The lowest BCUT2D eigenvalue weighted by atomic mass is 10.0. The lowest BCUT2D eigenvalue weighted by Gasteiger charge is -2.08. The summed E-state index contributed by atoms with van der Waals surface area (Å²) in [5.74, 6) is 0. The summed E-state index contributed by atoms with van der Waals surface area (Å²) in [5.41, 5.74) is -0.394. The second-order valence-corrected chi connectivity index (χ2v) is 6.76. The molecule has 0 aliphatic heterocycles. The smallest absolute Gasteiger partial charge is 0.231 e. The van der Waals surface area contributed by atoms with E-state index in [0.717, 1.165) is 10.2 Å². The van der Waals surface area contributed by atoms with E-state index in [9.17, 15) is 26.9 Å². The molecule has 0 spiro atoms. The Kier molecular flexibility index (Phi) is 4.76. The van der Waals surface area contributed by atoms with Crippen LogP contribution < -0.4 is 0 Å². The van der Waals surface area contributed by atoms with Crippen molar-refractivity contribution in [3.8, 4) is 23.0 Å². The molecule has 0 unspecified atom stereocenters. The number of thiol groups is 1. The van der Waals surface area contributed by atoms with Gasteiger partial charge in [0.15, 0.2) is 16.4 Å². The molecule has 0 bridgehead atoms. The van der Waals surface area contributed by atoms with Crippen molar-refractivity contribution in [1.29, 1.82) is 5.26 Å². The number of benzene rings is 2. The average Bonchev–Trinajstić information content (AvgIpc) is 3.02. The maximum Gasteiger partial charge on any atom is 0.436 e. The molecule has 27 heavy (non-hydrogen) atoms. The molecule has 0 saturated heterocycles. The Hall–Kier alpha value is -3.12. The number of nitrogens with zero attached hydrogens (tertiary/aromatic N) is 3. The van der Waals surface area contributed by atoms with Crippen molar-refractivity contribution < 1.29 is 21.6 Å². The Morgan fingerprint density at radius 1 is 1.04 bits per heavy atom. The Balaban J connectivity index is 2.31. The fourth-order valence-corrected chi connectivity index (χ4v) is 3.00. The number of alkyl halides is 3. The van der Waals surface area contributed by atoms with Crippen LogP contribution in [0.1, 0.15) is 16.8 Å². The van der Waals surface area contributed by atoms with Crippen LogP contribution >= 0.6 is 0 Å². The van der Waals surface area contributed by atoms with Gasteiger partial charge in [-0.3, -0.25) is 0 Å². The minimum Gasteiger partial charge on any atom is -0.231 e. The molecule has 0 atom stereocenters. The molecular formula is C18H12F3N3O2S. The summed E-state index contributed by atoms with van der Waals surface area (Å²) in [5, 5.41) is 13.0. The van der Waals surface area contributed by atoms with Crippen molar-refractivity contribution in [2.75, 3.05) is 0 Å². The molecule has 0 fully saturated rings. The summed E-state index contributed by atoms with van der Waals surface area (Å²) in [7, 11) is -2.82. The first kappa shape index (κ1) is 18.7. The zero-order valence-corrected chi connectivity index (χ0v) is 14.8. The van der Waals surface area contributed by atoms with Gasteiger partial charge < -0.3 is 0 Å². The molecule has 0 amide bonds. The van der Waals surface area contributed by atoms with Gasteiger partial charge in [-0.05, 0) is 31.2 Å². The van der Waals surface area contributed by atoms with Gasteiger partial charge in [0, 0.05) is 5.56 Å². The number of aromatic nitrogens is 2. The first-order chi connectivity index (χ1) is 12.7. The first-order valence-electron chi connectivity index (χ1n) is 7.64. The number of halogens is 3. The maximum atomic E-state index is 13.4. The van der Waals surface area contributed by atoms with Crippen LogP contribution in [-0.4, -0.2) is 18.2 Å². The van der Waals surface area contributed by atoms with Gasteiger partial charge >= 0.3 is 6.18 Å². The molecule has 3 rings (SSSR count). The minimum absolute atomic E-state index is 0.0101. The molecule has 138 valence electrons. The highest BCUT2D eigenvalue weighted by atomic mass is 32.2. The minimum atomic E-state index is -4.81. The summed E-state index contributed by atoms with van der Waals surface area (Å²) in [4.78, 5) is 0.0225. The number of rotatable bonds is 3. The number of aryl methyl sites for hydroxylation is 1. The third-order valence-corrected chi connectivity index (χ3v) is 4.62. The van der Waals surface area contributed by atoms with Gasteiger partial charge in [-0.25, -0.2) is 13.1 Å². The Bertz CT molecular complexity index is 1100. The van der Waals surface area contributed by atoms with Crippen LogP contribution in [0.5, 0.6) is 0 Å². The number of hydrogen-bond donors (Lipinski definition) is 1. The Labute approximate surface area is 154 Å². The number of hydrogen-bond acceptors (Lipinski definition) is 4. The highest BCUT2D eigenvalue weighted by Crippen LogP contribution is 2.37. The predicted octanol–water partition coefficient (Wildman–Crippen LogP) is 3.71. The molecule has 0 saturated carbocycles. The molecule has 1 heterocycles. The highest BCUT2D eigenvalue weighted by Gasteiger charge is 2.40. The van der Waals surface area contributed by atoms with E-state index in [2.05, 4.69) is 5.10 Å². The molecule has 0 aliphatic rings. The quantitative estimate of drug-likeness (QED) is 0.691. The van der Waals surface area contributed by atoms with Gasteiger partial charge in [0.05, 0.1) is 16.3 Å². The zero-order valence-electron chi connectivity index (χ0n) is 13.9. The third kappa shape index (κ3) is 3.57. The molecule has 2 aromatic carbocycles. The fourth-order valence-electron chi connectivity index (χ4n) is 2.60. The van der Waals surface area contributed by atoms with E-state index in [1.165, 1.54) is 24.3 Å². The first-order valence-corrected chi connectivity index (χ1v) is 8.82. The van der Waals surface area contributed by atoms with Crippen LogP contribution in [0.3, 0.4) is 0 Å². The predicted molar refractivity (Wildman–Crippen MR) is 92.0 cm³/mol. The average molecular weight is 391 g/mol. The summed E-state index contributed by atoms with van der Waals surface area (Å²) in [6, 6.07) is 13.4. The summed E-state index contributed by atoms with van der Waals surface area (Å²) in [6.07, 6.45) is -4.81. The van der Waals surface area contributed by atoms with Crippen molar-refractivity contribution in [3.05, 3.63) is 65.4 Å². The molecule has 3 aromatic rings. The van der Waals surface area contributed by atoms with E-state index in [4.69, 9.17) is 0 Å². The molecule has 1 aromatic heterocycles. The van der Waals surface area contributed by atoms with Crippen LogP contribution in [0.15, 0.2) is 53.4 Å². The van der Waals surface area contributed by atoms with E-state index in [-0.39, 0.29) is 16.3 Å². The van der Waals surface area contributed by atoms with Crippen LogP contribution in [0.4, 0.5) is 13.2 Å². The maximum absolute atomic E-state index is 13.4. The van der Waals surface area contributed by atoms with Gasteiger partial charge in [0.25, 0.3) is 0 Å². The standard InChI is InChI=1S/C18H12F3N3O2S/c1-11-2-4-12(5-3-11)16-15(10-22)17(18(19,20)21)23-24(16)13-6-8-14(9-7-13)27(25)26/h2-9,27H,1H3. The summed E-state index contributed by atoms with van der Waals surface area (Å²) in [6.45, 7) is 1.83. The SMILES string of the molecule is Cc1ccc(-c2c(C#N)c(C(F)(F)F)nn2-c2ccc([SH](=O)=O)cc2)cc1. The Morgan fingerprint density at radius 2 is 1.63 bits per heavy atom. The van der Waals surface area contributed by atoms with Gasteiger partial charge in [0.1, 0.15) is 11.6 Å². The van der Waals surface area contributed by atoms with Gasteiger partial charge in [-0.1, -0.05) is 29.8 Å². The van der Waals surface area contributed by atoms with E-state index >= 15 is 0 Å². The zero-order chi connectivity index (χ0) is 19.8. The van der Waals surface area contributed by atoms with Crippen LogP contribution in [0.25, 0.3) is 16.9 Å². The van der Waals surface area contributed by atoms with E-state index in [0.29, 0.717) is 5.56 Å².